The van der Waals surface area contributed by atoms with Gasteiger partial charge in [-0.3, -0.25) is 4.79 Å². The van der Waals surface area contributed by atoms with Crippen LogP contribution < -0.4 is 11.1 Å². The third-order valence-corrected chi connectivity index (χ3v) is 3.60. The van der Waals surface area contributed by atoms with Crippen LogP contribution in [0.15, 0.2) is 12.3 Å². The van der Waals surface area contributed by atoms with E-state index in [-0.39, 0.29) is 24.5 Å². The molecule has 0 saturated heterocycles. The Bertz CT molecular complexity index is 450. The summed E-state index contributed by atoms with van der Waals surface area (Å²) >= 11 is 0. The predicted octanol–water partition coefficient (Wildman–Crippen LogP) is 1.54. The summed E-state index contributed by atoms with van der Waals surface area (Å²) in [7, 11) is 0. The van der Waals surface area contributed by atoms with Crippen molar-refractivity contribution in [1.29, 1.82) is 0 Å². The molecule has 19 heavy (non-hydrogen) atoms. The molecule has 1 aliphatic rings. The molecule has 1 aliphatic carbocycles. The fourth-order valence-corrected chi connectivity index (χ4v) is 2.29. The zero-order chi connectivity index (χ0) is 14.0. The van der Waals surface area contributed by atoms with Crippen molar-refractivity contribution in [3.63, 3.8) is 0 Å². The first-order valence-corrected chi connectivity index (χ1v) is 6.92. The van der Waals surface area contributed by atoms with Crippen LogP contribution in [0.2, 0.25) is 0 Å². The average molecular weight is 265 g/mol. The largest absolute Gasteiger partial charge is 0.397 e. The summed E-state index contributed by atoms with van der Waals surface area (Å²) < 4.78 is 1.97. The smallest absolute Gasteiger partial charge is 0.268 e. The van der Waals surface area contributed by atoms with Crippen LogP contribution in [0.5, 0.6) is 0 Å². The summed E-state index contributed by atoms with van der Waals surface area (Å²) in [5, 5.41) is 12.0. The van der Waals surface area contributed by atoms with Crippen molar-refractivity contribution in [3.05, 3.63) is 18.0 Å². The minimum absolute atomic E-state index is 0.0127. The standard InChI is InChI=1S/C14H23N3O2/c1-9(2)12(5-6-18)16-14(19)13-7-10(15)8-17(13)11-3-4-11/h7-9,11-12,18H,3-6,15H2,1-2H3,(H,16,19). The van der Waals surface area contributed by atoms with E-state index in [1.165, 1.54) is 0 Å². The van der Waals surface area contributed by atoms with Gasteiger partial charge in [-0.2, -0.15) is 0 Å². The van der Waals surface area contributed by atoms with Crippen molar-refractivity contribution in [2.24, 2.45) is 5.92 Å². The monoisotopic (exact) mass is 265 g/mol. The van der Waals surface area contributed by atoms with Crippen molar-refractivity contribution < 1.29 is 9.90 Å². The second kappa shape index (κ2) is 5.65. The molecule has 0 spiro atoms. The number of hydrogen-bond donors (Lipinski definition) is 3. The number of nitrogens with one attached hydrogen (secondary N) is 1. The van der Waals surface area contributed by atoms with Crippen LogP contribution >= 0.6 is 0 Å². The molecule has 1 aromatic rings. The van der Waals surface area contributed by atoms with Gasteiger partial charge in [-0.05, 0) is 31.2 Å². The molecule has 0 aromatic carbocycles. The molecule has 1 unspecified atom stereocenters. The molecule has 5 nitrogen and oxygen atoms in total. The maximum atomic E-state index is 12.3. The number of aliphatic hydroxyl groups excluding tert-OH is 1. The first kappa shape index (κ1) is 13.9. The first-order valence-electron chi connectivity index (χ1n) is 6.92. The Morgan fingerprint density at radius 2 is 2.26 bits per heavy atom. The Kier molecular flexibility index (Phi) is 4.14. The Morgan fingerprint density at radius 3 is 2.79 bits per heavy atom. The molecule has 0 aliphatic heterocycles. The number of nitrogens with zero attached hydrogens (tertiary/aromatic N) is 1. The second-order valence-electron chi connectivity index (χ2n) is 5.63. The molecule has 1 aromatic heterocycles. The third-order valence-electron chi connectivity index (χ3n) is 3.60. The van der Waals surface area contributed by atoms with Gasteiger partial charge in [0.15, 0.2) is 0 Å². The van der Waals surface area contributed by atoms with E-state index in [9.17, 15) is 4.79 Å². The molecule has 1 atom stereocenters. The second-order valence-corrected chi connectivity index (χ2v) is 5.63. The Morgan fingerprint density at radius 1 is 1.58 bits per heavy atom. The van der Waals surface area contributed by atoms with Crippen molar-refractivity contribution >= 4 is 11.6 Å². The predicted molar refractivity (Wildman–Crippen MR) is 74.9 cm³/mol. The van der Waals surface area contributed by atoms with Crippen molar-refractivity contribution in [3.8, 4) is 0 Å². The number of hydrogen-bond acceptors (Lipinski definition) is 3. The Labute approximate surface area is 113 Å². The summed E-state index contributed by atoms with van der Waals surface area (Å²) in [4.78, 5) is 12.3. The van der Waals surface area contributed by atoms with Crippen LogP contribution in [0.3, 0.4) is 0 Å². The van der Waals surface area contributed by atoms with Gasteiger partial charge in [-0.15, -0.1) is 0 Å². The lowest BCUT2D eigenvalue weighted by Gasteiger charge is -2.21. The molecule has 2 rings (SSSR count). The van der Waals surface area contributed by atoms with E-state index in [1.807, 2.05) is 24.6 Å². The zero-order valence-corrected chi connectivity index (χ0v) is 11.6. The van der Waals surface area contributed by atoms with E-state index < -0.39 is 0 Å². The van der Waals surface area contributed by atoms with Gasteiger partial charge in [-0.1, -0.05) is 13.8 Å². The molecule has 1 amide bonds. The van der Waals surface area contributed by atoms with Gasteiger partial charge in [0.1, 0.15) is 5.69 Å². The molecule has 1 fully saturated rings. The number of nitrogens with two attached hydrogens (primary N) is 1. The first-order chi connectivity index (χ1) is 9.02. The van der Waals surface area contributed by atoms with E-state index in [1.54, 1.807) is 6.07 Å². The van der Waals surface area contributed by atoms with Gasteiger partial charge in [-0.25, -0.2) is 0 Å². The number of carbonyl (C=O) groups excluding carboxylic acids is 1. The minimum Gasteiger partial charge on any atom is -0.397 e. The molecule has 1 heterocycles. The van der Waals surface area contributed by atoms with Crippen LogP contribution in [-0.2, 0) is 0 Å². The lowest BCUT2D eigenvalue weighted by atomic mass is 10.0. The van der Waals surface area contributed by atoms with Crippen LogP contribution in [0, 0.1) is 5.92 Å². The van der Waals surface area contributed by atoms with Gasteiger partial charge < -0.3 is 20.7 Å². The number of nitrogen functional groups attached to an aromatic ring is 1. The normalized spacial score (nSPS) is 16.6. The van der Waals surface area contributed by atoms with E-state index in [4.69, 9.17) is 10.8 Å². The van der Waals surface area contributed by atoms with E-state index >= 15 is 0 Å². The fourth-order valence-electron chi connectivity index (χ4n) is 2.29. The summed E-state index contributed by atoms with van der Waals surface area (Å²) in [6.45, 7) is 4.15. The molecule has 0 bridgehead atoms. The molecular weight excluding hydrogens is 242 g/mol. The Balaban J connectivity index is 2.10. The van der Waals surface area contributed by atoms with Gasteiger partial charge in [0.2, 0.25) is 0 Å². The molecule has 4 N–H and O–H groups in total. The van der Waals surface area contributed by atoms with Crippen LogP contribution in [-0.4, -0.2) is 28.2 Å². The zero-order valence-electron chi connectivity index (χ0n) is 11.6. The van der Waals surface area contributed by atoms with Gasteiger partial charge in [0.25, 0.3) is 5.91 Å². The van der Waals surface area contributed by atoms with Crippen LogP contribution in [0.4, 0.5) is 5.69 Å². The Hall–Kier alpha value is -1.49. The van der Waals surface area contributed by atoms with Gasteiger partial charge in [0.05, 0.1) is 5.69 Å². The number of aliphatic hydroxyl groups is 1. The summed E-state index contributed by atoms with van der Waals surface area (Å²) in [6, 6.07) is 2.14. The van der Waals surface area contributed by atoms with Crippen molar-refractivity contribution in [1.82, 2.24) is 9.88 Å². The lowest BCUT2D eigenvalue weighted by Crippen LogP contribution is -2.39. The highest BCUT2D eigenvalue weighted by Crippen LogP contribution is 2.37. The van der Waals surface area contributed by atoms with Crippen molar-refractivity contribution in [2.75, 3.05) is 12.3 Å². The number of amides is 1. The quantitative estimate of drug-likeness (QED) is 0.730. The van der Waals surface area contributed by atoms with E-state index in [0.717, 1.165) is 12.8 Å². The highest BCUT2D eigenvalue weighted by atomic mass is 16.3. The van der Waals surface area contributed by atoms with Gasteiger partial charge in [0, 0.05) is 24.9 Å². The number of carbonyl (C=O) groups is 1. The maximum absolute atomic E-state index is 12.3. The average Bonchev–Trinajstić information content (AvgIpc) is 3.11. The molecule has 1 saturated carbocycles. The topological polar surface area (TPSA) is 80.3 Å². The van der Waals surface area contributed by atoms with Crippen LogP contribution in [0.1, 0.15) is 49.6 Å². The lowest BCUT2D eigenvalue weighted by molar-refractivity contribution is 0.0907. The summed E-state index contributed by atoms with van der Waals surface area (Å²) in [5.74, 6) is 0.188. The van der Waals surface area contributed by atoms with Crippen molar-refractivity contribution in [2.45, 2.75) is 45.2 Å². The highest BCUT2D eigenvalue weighted by Gasteiger charge is 2.28. The summed E-state index contributed by atoms with van der Waals surface area (Å²) in [5.41, 5.74) is 7.04. The minimum atomic E-state index is -0.101. The van der Waals surface area contributed by atoms with Crippen LogP contribution in [0.25, 0.3) is 0 Å². The molecule has 0 radical (unpaired) electrons. The third kappa shape index (κ3) is 3.29. The highest BCUT2D eigenvalue weighted by molar-refractivity contribution is 5.94. The van der Waals surface area contributed by atoms with Gasteiger partial charge >= 0.3 is 0 Å². The molecule has 5 heteroatoms. The van der Waals surface area contributed by atoms with E-state index in [0.29, 0.717) is 23.8 Å². The number of aromatic nitrogens is 1. The maximum Gasteiger partial charge on any atom is 0.268 e. The molecule has 106 valence electrons. The number of anilines is 1. The summed E-state index contributed by atoms with van der Waals surface area (Å²) in [6.07, 6.45) is 4.63. The fraction of sp³-hybridized carbons (Fsp3) is 0.643. The molecular formula is C14H23N3O2. The SMILES string of the molecule is CC(C)C(CCO)NC(=O)c1cc(N)cn1C1CC1. The van der Waals surface area contributed by atoms with E-state index in [2.05, 4.69) is 5.32 Å². The number of rotatable bonds is 6.